The molecule has 3 N–H and O–H groups in total. The van der Waals surface area contributed by atoms with Crippen LogP contribution in [0, 0.1) is 0 Å². The lowest BCUT2D eigenvalue weighted by atomic mass is 9.92. The number of carbonyl (C=O) groups is 3. The second kappa shape index (κ2) is 10.4. The summed E-state index contributed by atoms with van der Waals surface area (Å²) in [5.74, 6) is -3.42. The number of aliphatic carboxylic acids is 1. The molecule has 4 atom stereocenters. The van der Waals surface area contributed by atoms with E-state index in [2.05, 4.69) is 5.16 Å². The molecule has 12 nitrogen and oxygen atoms in total. The molecule has 2 amide bonds. The third-order valence-corrected chi connectivity index (χ3v) is 7.65. The van der Waals surface area contributed by atoms with Crippen molar-refractivity contribution in [2.75, 3.05) is 13.1 Å². The molecule has 0 aromatic heterocycles. The highest BCUT2D eigenvalue weighted by molar-refractivity contribution is 7.81. The topological polar surface area (TPSA) is 180 Å². The maximum absolute atomic E-state index is 12.7. The maximum atomic E-state index is 12.7. The number of aromatic hydroxyl groups is 2. The van der Waals surface area contributed by atoms with Crippen LogP contribution in [-0.4, -0.2) is 93.9 Å². The van der Waals surface area contributed by atoms with Gasteiger partial charge in [-0.3, -0.25) is 13.8 Å². The number of phenols is 2. The predicted octanol–water partition coefficient (Wildman–Crippen LogP) is 1.07. The van der Waals surface area contributed by atoms with Crippen molar-refractivity contribution < 1.29 is 43.3 Å². The van der Waals surface area contributed by atoms with Crippen molar-refractivity contribution in [1.29, 1.82) is 0 Å². The van der Waals surface area contributed by atoms with Crippen LogP contribution in [-0.2, 0) is 25.5 Å². The van der Waals surface area contributed by atoms with E-state index in [-0.39, 0.29) is 30.1 Å². The Morgan fingerprint density at radius 1 is 1.34 bits per heavy atom. The van der Waals surface area contributed by atoms with E-state index in [1.807, 2.05) is 0 Å². The molecular weight excluding hydrogens is 506 g/mol. The summed E-state index contributed by atoms with van der Waals surface area (Å²) in [6, 6.07) is 0.371. The van der Waals surface area contributed by atoms with Crippen molar-refractivity contribution in [3.63, 3.8) is 0 Å². The van der Waals surface area contributed by atoms with Gasteiger partial charge in [-0.2, -0.15) is 0 Å². The second-order valence-electron chi connectivity index (χ2n) is 8.64. The molecule has 2 heterocycles. The summed E-state index contributed by atoms with van der Waals surface area (Å²) in [4.78, 5) is 44.4. The fraction of sp³-hybridized carbons (Fsp3) is 0.524. The van der Waals surface area contributed by atoms with Crippen molar-refractivity contribution in [3.05, 3.63) is 22.7 Å². The fourth-order valence-corrected chi connectivity index (χ4v) is 4.88. The van der Waals surface area contributed by atoms with Gasteiger partial charge in [0, 0.05) is 38.4 Å². The van der Waals surface area contributed by atoms with E-state index in [4.69, 9.17) is 16.4 Å². The van der Waals surface area contributed by atoms with Gasteiger partial charge in [-0.1, -0.05) is 16.8 Å². The number of amides is 2. The van der Waals surface area contributed by atoms with Crippen LogP contribution in [0.2, 0.25) is 5.02 Å². The quantitative estimate of drug-likeness (QED) is 0.145. The van der Waals surface area contributed by atoms with Gasteiger partial charge in [0.1, 0.15) is 6.10 Å². The summed E-state index contributed by atoms with van der Waals surface area (Å²) < 4.78 is 22.0. The lowest BCUT2D eigenvalue weighted by Crippen LogP contribution is -2.67. The minimum absolute atomic E-state index is 0.0301. The van der Waals surface area contributed by atoms with Gasteiger partial charge in [-0.15, -0.1) is 0 Å². The van der Waals surface area contributed by atoms with Crippen LogP contribution in [0.3, 0.4) is 0 Å². The monoisotopic (exact) mass is 530 g/mol. The van der Waals surface area contributed by atoms with Gasteiger partial charge in [0.05, 0.1) is 21.5 Å². The average molecular weight is 531 g/mol. The smallest absolute Gasteiger partial charge is 0.328 e. The number of hydrogen-bond donors (Lipinski definition) is 3. The van der Waals surface area contributed by atoms with E-state index in [0.717, 1.165) is 24.1 Å². The van der Waals surface area contributed by atoms with Crippen LogP contribution >= 0.6 is 11.6 Å². The number of β-lactam (4-membered cyclic amide) rings is 1. The predicted molar refractivity (Wildman–Crippen MR) is 123 cm³/mol. The molecule has 0 bridgehead atoms. The molecule has 2 aliphatic rings. The standard InChI is InChI=1S/C21H26ClN3O9S/c1-11-9-15(27)25(11)18(20(30)31)21(2,35(32)33)10-23-34-12-5-7-24(8-6-12)19(29)13-3-4-14(26)17(28)16(13)22/h3-4,10-12,18,26,28H,5-9H2,1-2H3,(H,30,31)(H,32,33)/p-1/b23-10+/t11-,18+,21+/m1/s1. The first-order valence-electron chi connectivity index (χ1n) is 10.7. The molecule has 0 spiro atoms. The minimum Gasteiger partial charge on any atom is -0.772 e. The van der Waals surface area contributed by atoms with Crippen molar-refractivity contribution in [3.8, 4) is 11.5 Å². The lowest BCUT2D eigenvalue weighted by Gasteiger charge is -2.48. The number of nitrogens with zero attached hydrogens (tertiary/aromatic N) is 3. The molecular formula is C21H25ClN3O9S-. The largest absolute Gasteiger partial charge is 0.772 e. The average Bonchev–Trinajstić information content (AvgIpc) is 2.80. The Morgan fingerprint density at radius 2 is 1.97 bits per heavy atom. The zero-order valence-corrected chi connectivity index (χ0v) is 20.5. The first-order chi connectivity index (χ1) is 16.4. The third-order valence-electron chi connectivity index (χ3n) is 6.22. The summed E-state index contributed by atoms with van der Waals surface area (Å²) in [7, 11) is 0. The molecule has 35 heavy (non-hydrogen) atoms. The van der Waals surface area contributed by atoms with Gasteiger partial charge < -0.3 is 34.5 Å². The van der Waals surface area contributed by atoms with Crippen LogP contribution in [0.25, 0.3) is 0 Å². The number of halogens is 1. The van der Waals surface area contributed by atoms with E-state index < -0.39 is 63.3 Å². The Labute approximate surface area is 208 Å². The van der Waals surface area contributed by atoms with Crippen molar-refractivity contribution in [2.24, 2.45) is 5.16 Å². The minimum atomic E-state index is -2.94. The highest BCUT2D eigenvalue weighted by Crippen LogP contribution is 2.36. The van der Waals surface area contributed by atoms with Gasteiger partial charge in [-0.25, -0.2) is 4.79 Å². The SMILES string of the molecule is C[C@@H]1CC(=O)N1[C@@H](C(=O)O)[C@](C)(/C=N/OC1CCN(C(=O)c2ccc(O)c(O)c2Cl)CC1)S(=O)[O-]. The van der Waals surface area contributed by atoms with Crippen molar-refractivity contribution in [2.45, 2.75) is 56.0 Å². The molecule has 2 aliphatic heterocycles. The number of oxime groups is 1. The Hall–Kier alpha value is -2.90. The number of hydrogen-bond acceptors (Lipinski definition) is 9. The van der Waals surface area contributed by atoms with Gasteiger partial charge in [0.2, 0.25) is 5.91 Å². The molecule has 192 valence electrons. The number of piperidine rings is 1. The van der Waals surface area contributed by atoms with Crippen molar-refractivity contribution in [1.82, 2.24) is 9.80 Å². The van der Waals surface area contributed by atoms with E-state index >= 15 is 0 Å². The van der Waals surface area contributed by atoms with E-state index in [9.17, 15) is 38.5 Å². The van der Waals surface area contributed by atoms with Crippen LogP contribution in [0.5, 0.6) is 11.5 Å². The van der Waals surface area contributed by atoms with Crippen LogP contribution in [0.4, 0.5) is 0 Å². The first kappa shape index (κ1) is 26.7. The third kappa shape index (κ3) is 5.21. The van der Waals surface area contributed by atoms with Crippen molar-refractivity contribution >= 4 is 46.7 Å². The molecule has 0 aliphatic carbocycles. The van der Waals surface area contributed by atoms with E-state index in [0.29, 0.717) is 12.8 Å². The van der Waals surface area contributed by atoms with Gasteiger partial charge >= 0.3 is 5.97 Å². The number of carboxylic acids is 1. The lowest BCUT2D eigenvalue weighted by molar-refractivity contribution is -0.161. The second-order valence-corrected chi connectivity index (χ2v) is 10.4. The van der Waals surface area contributed by atoms with Gasteiger partial charge in [-0.05, 0) is 37.1 Å². The molecule has 2 fully saturated rings. The number of rotatable bonds is 8. The van der Waals surface area contributed by atoms with Gasteiger partial charge in [0.15, 0.2) is 17.5 Å². The summed E-state index contributed by atoms with van der Waals surface area (Å²) in [6.07, 6.45) is 1.21. The molecule has 0 saturated carbocycles. The van der Waals surface area contributed by atoms with E-state index in [1.165, 1.54) is 11.0 Å². The number of carbonyl (C=O) groups excluding carboxylic acids is 2. The number of carboxylic acid groups (broad SMARTS) is 1. The van der Waals surface area contributed by atoms with Crippen LogP contribution < -0.4 is 0 Å². The summed E-state index contributed by atoms with van der Waals surface area (Å²) in [5.41, 5.74) is 0.0301. The molecule has 14 heteroatoms. The van der Waals surface area contributed by atoms with E-state index in [1.54, 1.807) is 6.92 Å². The Kier molecular flexibility index (Phi) is 7.92. The summed E-state index contributed by atoms with van der Waals surface area (Å²) >= 11 is 3.02. The normalized spacial score (nSPS) is 22.4. The highest BCUT2D eigenvalue weighted by Gasteiger charge is 2.51. The fourth-order valence-electron chi connectivity index (χ4n) is 4.11. The number of likely N-dealkylation sites (tertiary alicyclic amines) is 2. The maximum Gasteiger partial charge on any atom is 0.328 e. The first-order valence-corrected chi connectivity index (χ1v) is 12.2. The Balaban J connectivity index is 1.64. The highest BCUT2D eigenvalue weighted by atomic mass is 35.5. The number of phenolic OH excluding ortho intramolecular Hbond substituents is 2. The molecule has 1 unspecified atom stereocenters. The van der Waals surface area contributed by atoms with Crippen LogP contribution in [0.15, 0.2) is 17.3 Å². The molecule has 1 aromatic carbocycles. The molecule has 2 saturated heterocycles. The molecule has 0 radical (unpaired) electrons. The van der Waals surface area contributed by atoms with Gasteiger partial charge in [0.25, 0.3) is 5.91 Å². The molecule has 1 aromatic rings. The Morgan fingerprint density at radius 3 is 2.49 bits per heavy atom. The number of benzene rings is 1. The Bertz CT molecular complexity index is 1080. The summed E-state index contributed by atoms with van der Waals surface area (Å²) in [5, 5.41) is 32.4. The summed E-state index contributed by atoms with van der Waals surface area (Å²) in [6.45, 7) is 3.28. The zero-order valence-electron chi connectivity index (χ0n) is 18.9. The van der Waals surface area contributed by atoms with Crippen LogP contribution in [0.1, 0.15) is 43.5 Å². The zero-order chi connectivity index (χ0) is 26.1. The molecule has 3 rings (SSSR count).